The zero-order chi connectivity index (χ0) is 11.6. The molecule has 3 nitrogen and oxygen atoms in total. The fraction of sp³-hybridized carbons (Fsp3) is 0.286. The van der Waals surface area contributed by atoms with Gasteiger partial charge in [-0.05, 0) is 37.9 Å². The Morgan fingerprint density at radius 2 is 2.00 bits per heavy atom. The Kier molecular flexibility index (Phi) is 3.96. The highest BCUT2D eigenvalue weighted by atomic mass is 79.9. The molecule has 0 atom stereocenters. The van der Waals surface area contributed by atoms with E-state index in [4.69, 9.17) is 5.73 Å². The number of nitrogens with zero attached hydrogens (tertiary/aromatic N) is 1. The summed E-state index contributed by atoms with van der Waals surface area (Å²) >= 11 is 5.90. The molecule has 15 heavy (non-hydrogen) atoms. The van der Waals surface area contributed by atoms with Crippen molar-refractivity contribution in [2.75, 3.05) is 0 Å². The molecule has 0 saturated carbocycles. The first-order chi connectivity index (χ1) is 6.83. The van der Waals surface area contributed by atoms with Crippen LogP contribution in [0.4, 0.5) is 13.2 Å². The van der Waals surface area contributed by atoms with Crippen LogP contribution in [0, 0.1) is 0 Å². The lowest BCUT2D eigenvalue weighted by Gasteiger charge is -2.11. The van der Waals surface area contributed by atoms with Crippen molar-refractivity contribution in [3.63, 3.8) is 0 Å². The number of pyridine rings is 1. The Balaban J connectivity index is 3.05. The van der Waals surface area contributed by atoms with Gasteiger partial charge in [0.05, 0.1) is 5.69 Å². The fourth-order valence-corrected chi connectivity index (χ4v) is 1.69. The molecule has 0 bridgehead atoms. The van der Waals surface area contributed by atoms with E-state index in [1.807, 2.05) is 0 Å². The second-order valence-corrected chi connectivity index (χ2v) is 4.06. The molecule has 0 aromatic carbocycles. The molecular formula is C7H5Br2F3N2O. The van der Waals surface area contributed by atoms with Gasteiger partial charge < -0.3 is 10.5 Å². The van der Waals surface area contributed by atoms with Gasteiger partial charge in [-0.15, -0.1) is 13.2 Å². The lowest BCUT2D eigenvalue weighted by Crippen LogP contribution is -2.18. The molecule has 0 aliphatic rings. The Morgan fingerprint density at radius 3 is 2.47 bits per heavy atom. The fourth-order valence-electron chi connectivity index (χ4n) is 0.824. The molecule has 0 saturated heterocycles. The monoisotopic (exact) mass is 348 g/mol. The summed E-state index contributed by atoms with van der Waals surface area (Å²) in [6, 6.07) is 1.16. The van der Waals surface area contributed by atoms with Crippen molar-refractivity contribution in [3.05, 3.63) is 20.8 Å². The summed E-state index contributed by atoms with van der Waals surface area (Å²) in [4.78, 5) is 3.80. The summed E-state index contributed by atoms with van der Waals surface area (Å²) in [7, 11) is 0. The number of nitrogens with two attached hydrogens (primary N) is 1. The van der Waals surface area contributed by atoms with Gasteiger partial charge in [0.1, 0.15) is 4.60 Å². The van der Waals surface area contributed by atoms with Gasteiger partial charge in [-0.2, -0.15) is 0 Å². The first-order valence-corrected chi connectivity index (χ1v) is 5.23. The highest BCUT2D eigenvalue weighted by Gasteiger charge is 2.32. The SMILES string of the molecule is NCc1nc(Br)c(OC(F)(F)F)cc1Br. The van der Waals surface area contributed by atoms with E-state index < -0.39 is 12.1 Å². The van der Waals surface area contributed by atoms with Crippen LogP contribution >= 0.6 is 31.9 Å². The molecule has 0 radical (unpaired) electrons. The maximum atomic E-state index is 11.9. The zero-order valence-electron chi connectivity index (χ0n) is 7.11. The molecule has 84 valence electrons. The molecule has 8 heteroatoms. The third-order valence-corrected chi connectivity index (χ3v) is 2.64. The lowest BCUT2D eigenvalue weighted by atomic mass is 10.3. The summed E-state index contributed by atoms with van der Waals surface area (Å²) in [6.45, 7) is 0.117. The summed E-state index contributed by atoms with van der Waals surface area (Å²) in [5.41, 5.74) is 5.76. The van der Waals surface area contributed by atoms with Gasteiger partial charge in [0.25, 0.3) is 0 Å². The Labute approximate surface area is 100 Å². The summed E-state index contributed by atoms with van der Waals surface area (Å²) in [6.07, 6.45) is -4.74. The predicted octanol–water partition coefficient (Wildman–Crippen LogP) is 2.96. The van der Waals surface area contributed by atoms with Crippen molar-refractivity contribution >= 4 is 31.9 Å². The molecule has 1 aromatic heterocycles. The number of alkyl halides is 3. The third-order valence-electron chi connectivity index (χ3n) is 1.39. The highest BCUT2D eigenvalue weighted by Crippen LogP contribution is 2.32. The van der Waals surface area contributed by atoms with Gasteiger partial charge in [0.2, 0.25) is 0 Å². The minimum atomic E-state index is -4.74. The number of rotatable bonds is 2. The van der Waals surface area contributed by atoms with Gasteiger partial charge >= 0.3 is 6.36 Å². The maximum absolute atomic E-state index is 11.9. The molecule has 1 aromatic rings. The van der Waals surface area contributed by atoms with E-state index in [1.165, 1.54) is 0 Å². The van der Waals surface area contributed by atoms with Gasteiger partial charge in [0.15, 0.2) is 5.75 Å². The Morgan fingerprint density at radius 1 is 1.40 bits per heavy atom. The average molecular weight is 350 g/mol. The smallest absolute Gasteiger partial charge is 0.403 e. The van der Waals surface area contributed by atoms with Gasteiger partial charge in [0, 0.05) is 11.0 Å². The van der Waals surface area contributed by atoms with Gasteiger partial charge in [-0.1, -0.05) is 0 Å². The van der Waals surface area contributed by atoms with E-state index in [9.17, 15) is 13.2 Å². The van der Waals surface area contributed by atoms with Crippen molar-refractivity contribution in [1.82, 2.24) is 4.98 Å². The molecule has 0 aliphatic carbocycles. The molecule has 0 spiro atoms. The van der Waals surface area contributed by atoms with Crippen LogP contribution in [0.1, 0.15) is 5.69 Å². The van der Waals surface area contributed by atoms with Gasteiger partial charge in [-0.25, -0.2) is 4.98 Å². The number of ether oxygens (including phenoxy) is 1. The van der Waals surface area contributed by atoms with Gasteiger partial charge in [-0.3, -0.25) is 0 Å². The van der Waals surface area contributed by atoms with Crippen molar-refractivity contribution in [2.45, 2.75) is 12.9 Å². The number of hydrogen-bond acceptors (Lipinski definition) is 3. The van der Waals surface area contributed by atoms with Crippen LogP contribution in [0.25, 0.3) is 0 Å². The molecule has 0 amide bonds. The average Bonchev–Trinajstić information content (AvgIpc) is 2.08. The standard InChI is InChI=1S/C7H5Br2F3N2O/c8-3-1-5(15-7(10,11)12)6(9)14-4(3)2-13/h1H,2,13H2. The van der Waals surface area contributed by atoms with E-state index in [1.54, 1.807) is 0 Å². The van der Waals surface area contributed by atoms with E-state index in [-0.39, 0.29) is 11.1 Å². The lowest BCUT2D eigenvalue weighted by molar-refractivity contribution is -0.275. The Bertz CT molecular complexity index is 370. The predicted molar refractivity (Wildman–Crippen MR) is 54.2 cm³/mol. The van der Waals surface area contributed by atoms with Crippen LogP contribution < -0.4 is 10.5 Å². The number of halogens is 5. The van der Waals surface area contributed by atoms with Crippen LogP contribution in [-0.2, 0) is 6.54 Å². The molecule has 0 fully saturated rings. The second kappa shape index (κ2) is 4.67. The Hall–Kier alpha value is -0.340. The summed E-state index contributed by atoms with van der Waals surface area (Å²) in [5, 5.41) is 0. The van der Waals surface area contributed by atoms with E-state index in [2.05, 4.69) is 41.6 Å². The summed E-state index contributed by atoms with van der Waals surface area (Å²) < 4.78 is 39.8. The largest absolute Gasteiger partial charge is 0.573 e. The van der Waals surface area contributed by atoms with Crippen molar-refractivity contribution < 1.29 is 17.9 Å². The van der Waals surface area contributed by atoms with E-state index >= 15 is 0 Å². The molecule has 1 rings (SSSR count). The summed E-state index contributed by atoms with van der Waals surface area (Å²) in [5.74, 6) is -0.411. The highest BCUT2D eigenvalue weighted by molar-refractivity contribution is 9.11. The van der Waals surface area contributed by atoms with Crippen LogP contribution in [0.2, 0.25) is 0 Å². The topological polar surface area (TPSA) is 48.1 Å². The first-order valence-electron chi connectivity index (χ1n) is 3.64. The molecule has 1 heterocycles. The quantitative estimate of drug-likeness (QED) is 0.835. The van der Waals surface area contributed by atoms with E-state index in [0.717, 1.165) is 6.07 Å². The normalized spacial score (nSPS) is 11.6. The third kappa shape index (κ3) is 3.62. The van der Waals surface area contributed by atoms with Crippen LogP contribution in [-0.4, -0.2) is 11.3 Å². The second-order valence-electron chi connectivity index (χ2n) is 2.46. The molecular weight excluding hydrogens is 345 g/mol. The van der Waals surface area contributed by atoms with Crippen molar-refractivity contribution in [2.24, 2.45) is 5.73 Å². The van der Waals surface area contributed by atoms with Crippen LogP contribution in [0.15, 0.2) is 15.1 Å². The zero-order valence-corrected chi connectivity index (χ0v) is 10.3. The van der Waals surface area contributed by atoms with E-state index in [0.29, 0.717) is 10.2 Å². The maximum Gasteiger partial charge on any atom is 0.573 e. The van der Waals surface area contributed by atoms with Crippen molar-refractivity contribution in [3.8, 4) is 5.75 Å². The molecule has 0 aliphatic heterocycles. The molecule has 2 N–H and O–H groups in total. The minimum absolute atomic E-state index is 0.0384. The van der Waals surface area contributed by atoms with Crippen molar-refractivity contribution in [1.29, 1.82) is 0 Å². The number of aromatic nitrogens is 1. The first kappa shape index (κ1) is 12.7. The van der Waals surface area contributed by atoms with Crippen LogP contribution in [0.5, 0.6) is 5.75 Å². The van der Waals surface area contributed by atoms with Crippen LogP contribution in [0.3, 0.4) is 0 Å². The molecule has 0 unspecified atom stereocenters. The minimum Gasteiger partial charge on any atom is -0.403 e. The number of hydrogen-bond donors (Lipinski definition) is 1.